The Hall–Kier alpha value is -2.12. The normalized spacial score (nSPS) is 13.2. The maximum Gasteiger partial charge on any atom is 0.411 e. The Morgan fingerprint density at radius 2 is 1.09 bits per heavy atom. The van der Waals surface area contributed by atoms with Gasteiger partial charge in [0.25, 0.3) is 0 Å². The molecule has 0 aliphatic heterocycles. The van der Waals surface area contributed by atoms with Crippen molar-refractivity contribution < 1.29 is 35.1 Å². The van der Waals surface area contributed by atoms with Crippen LogP contribution in [-0.4, -0.2) is 12.4 Å². The highest BCUT2D eigenvalue weighted by Crippen LogP contribution is 2.56. The summed E-state index contributed by atoms with van der Waals surface area (Å²) in [5, 5.41) is 0. The van der Waals surface area contributed by atoms with Crippen molar-refractivity contribution in [3.05, 3.63) is 71.3 Å². The molecule has 2 aromatic rings. The zero-order valence-electron chi connectivity index (χ0n) is 11.1. The van der Waals surface area contributed by atoms with Crippen molar-refractivity contribution >= 4 is 0 Å². The Bertz CT molecular complexity index is 668. The van der Waals surface area contributed by atoms with E-state index in [0.29, 0.717) is 30.3 Å². The van der Waals surface area contributed by atoms with Crippen LogP contribution in [0.4, 0.5) is 35.1 Å². The van der Waals surface area contributed by atoms with E-state index in [9.17, 15) is 35.1 Å². The molecule has 2 aromatic carbocycles. The molecule has 0 aromatic heterocycles. The first-order valence-electron chi connectivity index (χ1n) is 6.15. The quantitative estimate of drug-likeness (QED) is 0.644. The molecule has 2 rings (SSSR count). The van der Waals surface area contributed by atoms with Gasteiger partial charge in [0, 0.05) is 0 Å². The first-order valence-corrected chi connectivity index (χ1v) is 6.15. The summed E-state index contributed by atoms with van der Waals surface area (Å²) in [6.45, 7) is 0. The second kappa shape index (κ2) is 5.50. The van der Waals surface area contributed by atoms with Gasteiger partial charge < -0.3 is 0 Å². The Balaban J connectivity index is 2.90. The Labute approximate surface area is 125 Å². The zero-order valence-corrected chi connectivity index (χ0v) is 11.1. The molecule has 0 N–H and O–H groups in total. The molecular formula is C15H8F8. The van der Waals surface area contributed by atoms with Gasteiger partial charge in [-0.2, -0.15) is 26.3 Å². The van der Waals surface area contributed by atoms with Crippen molar-refractivity contribution in [2.75, 3.05) is 0 Å². The molecule has 0 unspecified atom stereocenters. The minimum absolute atomic E-state index is 0.171. The van der Waals surface area contributed by atoms with Crippen LogP contribution in [0.15, 0.2) is 48.5 Å². The highest BCUT2D eigenvalue weighted by atomic mass is 19.4. The lowest BCUT2D eigenvalue weighted by molar-refractivity contribution is -0.288. The minimum atomic E-state index is -5.82. The minimum Gasteiger partial charge on any atom is -0.207 e. The second-order valence-electron chi connectivity index (χ2n) is 4.76. The molecule has 0 aliphatic carbocycles. The first-order chi connectivity index (χ1) is 10.5. The van der Waals surface area contributed by atoms with Crippen molar-refractivity contribution in [2.24, 2.45) is 0 Å². The molecule has 0 spiro atoms. The van der Waals surface area contributed by atoms with Gasteiger partial charge in [-0.1, -0.05) is 24.3 Å². The van der Waals surface area contributed by atoms with E-state index in [-0.39, 0.29) is 6.07 Å². The van der Waals surface area contributed by atoms with Gasteiger partial charge >= 0.3 is 12.4 Å². The van der Waals surface area contributed by atoms with E-state index in [0.717, 1.165) is 12.1 Å². The van der Waals surface area contributed by atoms with Crippen LogP contribution in [0.1, 0.15) is 11.1 Å². The summed E-state index contributed by atoms with van der Waals surface area (Å²) in [6, 6.07) is 3.94. The van der Waals surface area contributed by atoms with Crippen molar-refractivity contribution in [2.45, 2.75) is 17.8 Å². The molecule has 0 fully saturated rings. The van der Waals surface area contributed by atoms with E-state index in [1.54, 1.807) is 0 Å². The van der Waals surface area contributed by atoms with E-state index < -0.39 is 40.5 Å². The predicted octanol–water partition coefficient (Wildman–Crippen LogP) is 5.38. The molecule has 0 saturated carbocycles. The van der Waals surface area contributed by atoms with Crippen LogP contribution in [-0.2, 0) is 5.41 Å². The lowest BCUT2D eigenvalue weighted by atomic mass is 9.73. The van der Waals surface area contributed by atoms with Gasteiger partial charge in [0.05, 0.1) is 0 Å². The molecule has 0 heterocycles. The fourth-order valence-corrected chi connectivity index (χ4v) is 2.40. The average molecular weight is 340 g/mol. The highest BCUT2D eigenvalue weighted by Gasteiger charge is 2.72. The van der Waals surface area contributed by atoms with Crippen LogP contribution < -0.4 is 0 Å². The molecule has 8 heteroatoms. The molecule has 0 radical (unpaired) electrons. The lowest BCUT2D eigenvalue weighted by Crippen LogP contribution is -2.54. The van der Waals surface area contributed by atoms with E-state index in [4.69, 9.17) is 0 Å². The molecule has 0 saturated heterocycles. The van der Waals surface area contributed by atoms with Crippen molar-refractivity contribution in [3.8, 4) is 0 Å². The smallest absolute Gasteiger partial charge is 0.207 e. The van der Waals surface area contributed by atoms with Gasteiger partial charge in [0.1, 0.15) is 11.6 Å². The highest BCUT2D eigenvalue weighted by molar-refractivity contribution is 5.44. The van der Waals surface area contributed by atoms with Crippen molar-refractivity contribution in [1.82, 2.24) is 0 Å². The maximum absolute atomic E-state index is 13.5. The Kier molecular flexibility index (Phi) is 4.13. The third-order valence-electron chi connectivity index (χ3n) is 3.39. The van der Waals surface area contributed by atoms with E-state index >= 15 is 0 Å². The van der Waals surface area contributed by atoms with Crippen LogP contribution in [0.5, 0.6) is 0 Å². The standard InChI is InChI=1S/C15H8F8/c16-11-6-4-9(5-7-11)13(14(18,19)20,15(21,22)23)10-2-1-3-12(17)8-10/h1-8H. The second-order valence-corrected chi connectivity index (χ2v) is 4.76. The van der Waals surface area contributed by atoms with E-state index in [2.05, 4.69) is 0 Å². The fraction of sp³-hybridized carbons (Fsp3) is 0.200. The topological polar surface area (TPSA) is 0 Å². The molecule has 0 amide bonds. The number of alkyl halides is 6. The molecular weight excluding hydrogens is 332 g/mol. The third kappa shape index (κ3) is 2.77. The fourth-order valence-electron chi connectivity index (χ4n) is 2.40. The molecule has 0 atom stereocenters. The summed E-state index contributed by atoms with van der Waals surface area (Å²) in [6.07, 6.45) is -11.6. The summed E-state index contributed by atoms with van der Waals surface area (Å²) >= 11 is 0. The monoisotopic (exact) mass is 340 g/mol. The number of benzene rings is 2. The van der Waals surface area contributed by atoms with Crippen molar-refractivity contribution in [1.29, 1.82) is 0 Å². The first kappa shape index (κ1) is 17.2. The van der Waals surface area contributed by atoms with E-state index in [1.807, 2.05) is 0 Å². The SMILES string of the molecule is Fc1ccc(C(c2cccc(F)c2)(C(F)(F)F)C(F)(F)F)cc1. The molecule has 0 nitrogen and oxygen atoms in total. The van der Waals surface area contributed by atoms with Gasteiger partial charge in [-0.05, 0) is 35.4 Å². The van der Waals surface area contributed by atoms with Gasteiger partial charge in [0.2, 0.25) is 5.41 Å². The van der Waals surface area contributed by atoms with Gasteiger partial charge in [-0.15, -0.1) is 0 Å². The summed E-state index contributed by atoms with van der Waals surface area (Å²) < 4.78 is 107. The summed E-state index contributed by atoms with van der Waals surface area (Å²) in [5.41, 5.74) is -7.04. The third-order valence-corrected chi connectivity index (χ3v) is 3.39. The number of rotatable bonds is 2. The molecule has 23 heavy (non-hydrogen) atoms. The Morgan fingerprint density at radius 1 is 0.565 bits per heavy atom. The molecule has 124 valence electrons. The van der Waals surface area contributed by atoms with Crippen LogP contribution in [0, 0.1) is 11.6 Å². The summed E-state index contributed by atoms with van der Waals surface area (Å²) in [5.74, 6) is -2.24. The van der Waals surface area contributed by atoms with Gasteiger partial charge in [-0.25, -0.2) is 8.78 Å². The number of hydrogen-bond acceptors (Lipinski definition) is 0. The van der Waals surface area contributed by atoms with E-state index in [1.165, 1.54) is 0 Å². The van der Waals surface area contributed by atoms with Crippen molar-refractivity contribution in [3.63, 3.8) is 0 Å². The number of hydrogen-bond donors (Lipinski definition) is 0. The van der Waals surface area contributed by atoms with Gasteiger partial charge in [0.15, 0.2) is 0 Å². The predicted molar refractivity (Wildman–Crippen MR) is 65.7 cm³/mol. The summed E-state index contributed by atoms with van der Waals surface area (Å²) in [7, 11) is 0. The zero-order chi connectivity index (χ0) is 17.5. The maximum atomic E-state index is 13.5. The van der Waals surface area contributed by atoms with Crippen LogP contribution in [0.25, 0.3) is 0 Å². The van der Waals surface area contributed by atoms with Crippen LogP contribution in [0.3, 0.4) is 0 Å². The summed E-state index contributed by atoms with van der Waals surface area (Å²) in [4.78, 5) is 0. The van der Waals surface area contributed by atoms with Gasteiger partial charge in [-0.3, -0.25) is 0 Å². The Morgan fingerprint density at radius 3 is 1.52 bits per heavy atom. The van der Waals surface area contributed by atoms with Crippen LogP contribution >= 0.6 is 0 Å². The number of halogens is 8. The van der Waals surface area contributed by atoms with Crippen LogP contribution in [0.2, 0.25) is 0 Å². The largest absolute Gasteiger partial charge is 0.411 e. The average Bonchev–Trinajstić information content (AvgIpc) is 2.38. The molecule has 0 aliphatic rings. The lowest BCUT2D eigenvalue weighted by Gasteiger charge is -2.38. The molecule has 0 bridgehead atoms.